The standard InChI is InChI=1S/C25H25FO3S/c1-2-20(25(29)24-9-6-14-30-24)22(27)13-11-19(18-7-4-3-5-8-18)15-17-10-12-23(28)21(26)16-17/h2-10,12,14-16,20,22,25,27-29H,1,11,13H2/b19-15-/t20-,22-,25+/m1/s1. The normalized spacial score (nSPS) is 14.8. The molecule has 0 saturated heterocycles. The minimum Gasteiger partial charge on any atom is -0.505 e. The molecule has 3 nitrogen and oxygen atoms in total. The van der Waals surface area contributed by atoms with E-state index in [0.29, 0.717) is 18.4 Å². The fourth-order valence-corrected chi connectivity index (χ4v) is 4.18. The first-order valence-corrected chi connectivity index (χ1v) is 10.6. The van der Waals surface area contributed by atoms with E-state index in [-0.39, 0.29) is 5.75 Å². The lowest BCUT2D eigenvalue weighted by molar-refractivity contribution is 0.0343. The molecule has 156 valence electrons. The molecular weight excluding hydrogens is 399 g/mol. The molecule has 30 heavy (non-hydrogen) atoms. The maximum absolute atomic E-state index is 13.8. The zero-order valence-corrected chi connectivity index (χ0v) is 17.3. The van der Waals surface area contributed by atoms with Gasteiger partial charge in [-0.25, -0.2) is 4.39 Å². The van der Waals surface area contributed by atoms with E-state index in [4.69, 9.17) is 0 Å². The molecule has 1 heterocycles. The Kier molecular flexibility index (Phi) is 7.57. The van der Waals surface area contributed by atoms with Crippen LogP contribution < -0.4 is 0 Å². The number of aliphatic hydroxyl groups excluding tert-OH is 2. The summed E-state index contributed by atoms with van der Waals surface area (Å²) in [5.41, 5.74) is 2.51. The summed E-state index contributed by atoms with van der Waals surface area (Å²) in [6, 6.07) is 17.6. The predicted molar refractivity (Wildman–Crippen MR) is 121 cm³/mol. The van der Waals surface area contributed by atoms with Crippen molar-refractivity contribution in [3.05, 3.63) is 101 Å². The van der Waals surface area contributed by atoms with E-state index in [1.807, 2.05) is 53.9 Å². The van der Waals surface area contributed by atoms with E-state index >= 15 is 0 Å². The van der Waals surface area contributed by atoms with Gasteiger partial charge in [0.2, 0.25) is 0 Å². The number of benzene rings is 2. The van der Waals surface area contributed by atoms with Gasteiger partial charge in [0.05, 0.1) is 12.2 Å². The van der Waals surface area contributed by atoms with Crippen molar-refractivity contribution in [2.45, 2.75) is 25.0 Å². The van der Waals surface area contributed by atoms with Gasteiger partial charge in [0.15, 0.2) is 11.6 Å². The molecule has 0 aliphatic rings. The Hall–Kier alpha value is -2.73. The van der Waals surface area contributed by atoms with Crippen LogP contribution in [0.3, 0.4) is 0 Å². The molecule has 0 amide bonds. The number of phenols is 1. The van der Waals surface area contributed by atoms with Crippen molar-refractivity contribution >= 4 is 23.0 Å². The van der Waals surface area contributed by atoms with Gasteiger partial charge >= 0.3 is 0 Å². The number of halogens is 1. The van der Waals surface area contributed by atoms with Gasteiger partial charge in [-0.15, -0.1) is 17.9 Å². The molecule has 0 aliphatic heterocycles. The third-order valence-corrected chi connectivity index (χ3v) is 6.03. The van der Waals surface area contributed by atoms with E-state index in [1.165, 1.54) is 23.5 Å². The van der Waals surface area contributed by atoms with Crippen LogP contribution in [-0.4, -0.2) is 21.4 Å². The van der Waals surface area contributed by atoms with Crippen LogP contribution in [0.4, 0.5) is 4.39 Å². The lowest BCUT2D eigenvalue weighted by atomic mass is 9.89. The molecule has 3 rings (SSSR count). The summed E-state index contributed by atoms with van der Waals surface area (Å²) >= 11 is 1.44. The third-order valence-electron chi connectivity index (χ3n) is 5.08. The van der Waals surface area contributed by atoms with Crippen LogP contribution in [0.1, 0.15) is 34.9 Å². The smallest absolute Gasteiger partial charge is 0.165 e. The van der Waals surface area contributed by atoms with E-state index in [1.54, 1.807) is 12.1 Å². The SMILES string of the molecule is C=C[C@H]([C@H](O)CC/C(=C/c1ccc(O)c(F)c1)c1ccccc1)[C@H](O)c1cccs1. The van der Waals surface area contributed by atoms with Crippen LogP contribution in [0.25, 0.3) is 11.6 Å². The second kappa shape index (κ2) is 10.3. The summed E-state index contributed by atoms with van der Waals surface area (Å²) in [5.74, 6) is -1.56. The van der Waals surface area contributed by atoms with Crippen molar-refractivity contribution in [2.24, 2.45) is 5.92 Å². The average Bonchev–Trinajstić information content (AvgIpc) is 3.29. The third kappa shape index (κ3) is 5.45. The van der Waals surface area contributed by atoms with Gasteiger partial charge in [-0.1, -0.05) is 54.6 Å². The van der Waals surface area contributed by atoms with Crippen molar-refractivity contribution in [2.75, 3.05) is 0 Å². The number of thiophene rings is 1. The Balaban J connectivity index is 1.80. The molecule has 3 N–H and O–H groups in total. The van der Waals surface area contributed by atoms with E-state index in [0.717, 1.165) is 16.0 Å². The lowest BCUT2D eigenvalue weighted by Crippen LogP contribution is -2.24. The molecule has 0 radical (unpaired) electrons. The number of rotatable bonds is 9. The van der Waals surface area contributed by atoms with Crippen molar-refractivity contribution in [1.29, 1.82) is 0 Å². The van der Waals surface area contributed by atoms with Crippen LogP contribution in [0.2, 0.25) is 0 Å². The van der Waals surface area contributed by atoms with Crippen molar-refractivity contribution < 1.29 is 19.7 Å². The van der Waals surface area contributed by atoms with Gasteiger partial charge < -0.3 is 15.3 Å². The molecule has 5 heteroatoms. The number of aliphatic hydroxyl groups is 2. The van der Waals surface area contributed by atoms with Gasteiger partial charge in [0, 0.05) is 10.8 Å². The quantitative estimate of drug-likeness (QED) is 0.300. The molecule has 0 spiro atoms. The highest BCUT2D eigenvalue weighted by atomic mass is 32.1. The fraction of sp³-hybridized carbons (Fsp3) is 0.200. The van der Waals surface area contributed by atoms with Crippen LogP contribution in [0, 0.1) is 11.7 Å². The summed E-state index contributed by atoms with van der Waals surface area (Å²) in [6.45, 7) is 3.79. The van der Waals surface area contributed by atoms with Crippen LogP contribution in [0.5, 0.6) is 5.75 Å². The van der Waals surface area contributed by atoms with Gasteiger partial charge in [-0.05, 0) is 53.1 Å². The zero-order valence-electron chi connectivity index (χ0n) is 16.5. The Morgan fingerprint density at radius 1 is 1.07 bits per heavy atom. The first-order valence-electron chi connectivity index (χ1n) is 9.76. The molecular formula is C25H25FO3S. The maximum Gasteiger partial charge on any atom is 0.165 e. The minimum absolute atomic E-state index is 0.389. The summed E-state index contributed by atoms with van der Waals surface area (Å²) in [6.07, 6.45) is 2.77. The number of allylic oxidation sites excluding steroid dienone is 1. The summed E-state index contributed by atoms with van der Waals surface area (Å²) < 4.78 is 13.8. The van der Waals surface area contributed by atoms with Crippen LogP contribution in [0.15, 0.2) is 78.7 Å². The lowest BCUT2D eigenvalue weighted by Gasteiger charge is -2.24. The highest BCUT2D eigenvalue weighted by Crippen LogP contribution is 2.32. The number of aromatic hydroxyl groups is 1. The largest absolute Gasteiger partial charge is 0.505 e. The molecule has 3 aromatic rings. The molecule has 0 fully saturated rings. The Labute approximate surface area is 180 Å². The number of hydrogen-bond donors (Lipinski definition) is 3. The molecule has 1 aromatic heterocycles. The second-order valence-corrected chi connectivity index (χ2v) is 8.11. The van der Waals surface area contributed by atoms with Gasteiger partial charge in [0.25, 0.3) is 0 Å². The van der Waals surface area contributed by atoms with E-state index in [2.05, 4.69) is 6.58 Å². The Bertz CT molecular complexity index is 983. The minimum atomic E-state index is -0.812. The van der Waals surface area contributed by atoms with Gasteiger partial charge in [-0.2, -0.15) is 0 Å². The molecule has 2 aromatic carbocycles. The maximum atomic E-state index is 13.8. The van der Waals surface area contributed by atoms with Crippen molar-refractivity contribution in [3.63, 3.8) is 0 Å². The molecule has 0 aliphatic carbocycles. The van der Waals surface area contributed by atoms with Crippen LogP contribution in [-0.2, 0) is 0 Å². The molecule has 0 bridgehead atoms. The predicted octanol–water partition coefficient (Wildman–Crippen LogP) is 5.81. The molecule has 0 saturated carbocycles. The average molecular weight is 425 g/mol. The van der Waals surface area contributed by atoms with Gasteiger partial charge in [-0.3, -0.25) is 0 Å². The summed E-state index contributed by atoms with van der Waals surface area (Å²) in [5, 5.41) is 32.7. The summed E-state index contributed by atoms with van der Waals surface area (Å²) in [4.78, 5) is 0.789. The Morgan fingerprint density at radius 2 is 1.83 bits per heavy atom. The fourth-order valence-electron chi connectivity index (χ4n) is 3.41. The Morgan fingerprint density at radius 3 is 2.47 bits per heavy atom. The molecule has 0 unspecified atom stereocenters. The van der Waals surface area contributed by atoms with Crippen molar-refractivity contribution in [1.82, 2.24) is 0 Å². The monoisotopic (exact) mass is 424 g/mol. The second-order valence-electron chi connectivity index (χ2n) is 7.13. The topological polar surface area (TPSA) is 60.7 Å². The highest BCUT2D eigenvalue weighted by molar-refractivity contribution is 7.10. The van der Waals surface area contributed by atoms with E-state index in [9.17, 15) is 19.7 Å². The first-order chi connectivity index (χ1) is 14.5. The molecule has 3 atom stereocenters. The number of phenolic OH excluding ortho intramolecular Hbond substituents is 1. The zero-order chi connectivity index (χ0) is 21.5. The van der Waals surface area contributed by atoms with Crippen LogP contribution >= 0.6 is 11.3 Å². The first kappa shape index (κ1) is 22.0. The summed E-state index contributed by atoms with van der Waals surface area (Å²) in [7, 11) is 0. The van der Waals surface area contributed by atoms with Crippen molar-refractivity contribution in [3.8, 4) is 5.75 Å². The highest BCUT2D eigenvalue weighted by Gasteiger charge is 2.26. The number of hydrogen-bond acceptors (Lipinski definition) is 4. The van der Waals surface area contributed by atoms with E-state index < -0.39 is 23.9 Å². The van der Waals surface area contributed by atoms with Gasteiger partial charge in [0.1, 0.15) is 0 Å².